The molecule has 0 saturated heterocycles. The Morgan fingerprint density at radius 2 is 0.918 bits per heavy atom. The molecule has 85 heavy (non-hydrogen) atoms. The second kappa shape index (κ2) is 32.5. The van der Waals surface area contributed by atoms with Crippen molar-refractivity contribution < 1.29 is 47.6 Å². The van der Waals surface area contributed by atoms with E-state index in [1.165, 1.54) is 14.2 Å². The zero-order valence-electron chi connectivity index (χ0n) is 48.6. The Labute approximate surface area is 528 Å². The number of carbonyl (C=O) groups excluding carboxylic acids is 4. The van der Waals surface area contributed by atoms with Gasteiger partial charge in [-0.15, -0.1) is 0 Å². The van der Waals surface area contributed by atoms with Gasteiger partial charge in [-0.1, -0.05) is 100 Å². The number of nitrogens with one attached hydrogen (secondary N) is 3. The lowest BCUT2D eigenvalue weighted by atomic mass is 10.0. The zero-order valence-corrected chi connectivity index (χ0v) is 53.9. The number of anilines is 3. The van der Waals surface area contributed by atoms with Gasteiger partial charge < -0.3 is 50.1 Å². The smallest absolute Gasteiger partial charge is 0.306 e. The molecule has 5 N–H and O–H groups in total. The molecule has 0 saturated carbocycles. The summed E-state index contributed by atoms with van der Waals surface area (Å²) in [5.41, 5.74) is 10.3. The van der Waals surface area contributed by atoms with E-state index in [2.05, 4.69) is 45.9 Å². The third-order valence-corrected chi connectivity index (χ3v) is 14.2. The summed E-state index contributed by atoms with van der Waals surface area (Å²) in [4.78, 5) is 71.7. The Bertz CT molecular complexity index is 3520. The highest BCUT2D eigenvalue weighted by Crippen LogP contribution is 2.38. The Kier molecular flexibility index (Phi) is 26.6. The van der Waals surface area contributed by atoms with Crippen molar-refractivity contribution in [2.24, 2.45) is 5.73 Å². The van der Waals surface area contributed by atoms with Crippen molar-refractivity contribution in [3.8, 4) is 23.0 Å². The molecule has 1 amide bonds. The molecule has 0 atom stereocenters. The minimum atomic E-state index is -0.627. The summed E-state index contributed by atoms with van der Waals surface area (Å²) in [6.45, 7) is 12.8. The lowest BCUT2D eigenvalue weighted by Crippen LogP contribution is -2.30. The van der Waals surface area contributed by atoms with Crippen molar-refractivity contribution in [1.82, 2.24) is 29.9 Å². The molecule has 7 aromatic rings. The number of Topliss-reactive ketones (excluding diaryl/α,β-unsaturated/α-hetero) is 1. The number of amides is 1. The number of ether oxygens (including phenoxy) is 6. The number of fused-ring (bicyclic) bond motifs is 4. The van der Waals surface area contributed by atoms with Gasteiger partial charge >= 0.3 is 11.9 Å². The van der Waals surface area contributed by atoms with E-state index in [1.807, 2.05) is 47.6 Å². The van der Waals surface area contributed by atoms with E-state index in [-0.39, 0.29) is 40.4 Å². The Hall–Kier alpha value is -6.23. The van der Waals surface area contributed by atoms with E-state index < -0.39 is 22.9 Å². The number of unbranched alkanes of at least 4 members (excludes halogenated alkanes) is 4. The van der Waals surface area contributed by atoms with Gasteiger partial charge in [-0.25, -0.2) is 29.9 Å². The molecular weight excluding hydrogens is 1240 g/mol. The predicted molar refractivity (Wildman–Crippen MR) is 337 cm³/mol. The highest BCUT2D eigenvalue weighted by atomic mass is 35.5. The van der Waals surface area contributed by atoms with Crippen molar-refractivity contribution in [1.29, 1.82) is 0 Å². The summed E-state index contributed by atoms with van der Waals surface area (Å²) in [6, 6.07) is 13.9. The van der Waals surface area contributed by atoms with E-state index >= 15 is 0 Å². The number of rotatable bonds is 19. The first kappa shape index (κ1) is 69.5. The van der Waals surface area contributed by atoms with Crippen molar-refractivity contribution in [2.45, 2.75) is 117 Å². The fourth-order valence-corrected chi connectivity index (χ4v) is 9.48. The molecule has 4 heterocycles. The van der Waals surface area contributed by atoms with Crippen molar-refractivity contribution >= 4 is 155 Å². The average molecular weight is 1310 g/mol. The molecule has 458 valence electrons. The molecular formula is C58H67Cl7N10O10. The summed E-state index contributed by atoms with van der Waals surface area (Å²) in [6.07, 6.45) is 6.04. The van der Waals surface area contributed by atoms with Crippen LogP contribution in [0.15, 0.2) is 48.5 Å². The molecule has 3 aromatic heterocycles. The standard InChI is InChI=1S/C20H29ClN4O3.C19H25Cl2N3O3.C10H8ClNO3.C9H5Cl3N2O/c1-20(2,3)28-16(26)8-6-5-7-11-23-19-14(12-22)24-13-9-10-15(27-4)17(21)18(13)25-19;1-19(2,3)27-14(25)8-6-5-7-11-22-18-17(21)23-12-9-10-13(26-4)15(20)16(12)24-18;1-15-7-3-2-5-4-6(13)10(14)12-9(5)8(7)11;1-15-5-3-2-4-7(6(5)10)14-9(12)8(11)13-4/h9-10H,5-8,11-12,22H2,1-4H3,(H,23,25);9-10H,5-8,11H2,1-4H3,(H,22,24);2-3H,4H2,1H3,(H,12,14);2-3H,1H3. The lowest BCUT2D eigenvalue weighted by molar-refractivity contribution is -0.156. The van der Waals surface area contributed by atoms with Gasteiger partial charge in [-0.2, -0.15) is 0 Å². The third-order valence-electron chi connectivity index (χ3n) is 11.8. The van der Waals surface area contributed by atoms with Gasteiger partial charge in [-0.05, 0) is 115 Å². The van der Waals surface area contributed by atoms with Crippen LogP contribution in [0.1, 0.15) is 104 Å². The number of nitrogens with zero attached hydrogens (tertiary/aromatic N) is 6. The number of halogens is 7. The fraction of sp³-hybridized carbons (Fsp3) is 0.414. The predicted octanol–water partition coefficient (Wildman–Crippen LogP) is 14.3. The minimum Gasteiger partial charge on any atom is -0.495 e. The first-order chi connectivity index (χ1) is 40.2. The molecule has 20 nitrogen and oxygen atoms in total. The molecule has 1 aliphatic heterocycles. The van der Waals surface area contributed by atoms with Gasteiger partial charge in [-0.3, -0.25) is 19.2 Å². The van der Waals surface area contributed by atoms with Crippen molar-refractivity contribution in [3.05, 3.63) is 95.3 Å². The number of aromatic nitrogens is 6. The van der Waals surface area contributed by atoms with Crippen LogP contribution >= 0.6 is 81.2 Å². The second-order valence-corrected chi connectivity index (χ2v) is 23.1. The molecule has 0 fully saturated rings. The Morgan fingerprint density at radius 1 is 0.518 bits per heavy atom. The van der Waals surface area contributed by atoms with Crippen LogP contribution in [-0.2, 0) is 41.6 Å². The monoisotopic (exact) mass is 1310 g/mol. The quantitative estimate of drug-likeness (QED) is 0.0333. The van der Waals surface area contributed by atoms with Crippen LogP contribution in [0.3, 0.4) is 0 Å². The SMILES string of the molecule is COc1ccc2c(c1Cl)NC(=O)C(=O)C2.COc1ccc2nc(CN)c(NCCCCCC(=O)OC(C)(C)C)nc2c1Cl.COc1ccc2nc(Cl)c(Cl)nc2c1Cl.COc1ccc2nc(Cl)c(NCCCCCC(=O)OC(C)(C)C)nc2c1Cl. The van der Waals surface area contributed by atoms with Crippen LogP contribution in [0.25, 0.3) is 33.1 Å². The molecule has 0 radical (unpaired) electrons. The molecule has 4 aromatic carbocycles. The molecule has 0 spiro atoms. The topological polar surface area (TPSA) is 263 Å². The van der Waals surface area contributed by atoms with Gasteiger partial charge in [0.2, 0.25) is 5.78 Å². The van der Waals surface area contributed by atoms with Crippen LogP contribution in [0.2, 0.25) is 35.5 Å². The van der Waals surface area contributed by atoms with Gasteiger partial charge in [0.25, 0.3) is 5.91 Å². The number of nitrogens with two attached hydrogens (primary N) is 1. The van der Waals surface area contributed by atoms with E-state index in [1.54, 1.807) is 56.7 Å². The van der Waals surface area contributed by atoms with Crippen LogP contribution in [0.4, 0.5) is 17.3 Å². The normalized spacial score (nSPS) is 11.9. The van der Waals surface area contributed by atoms with Crippen LogP contribution in [0.5, 0.6) is 23.0 Å². The first-order valence-corrected chi connectivity index (χ1v) is 29.3. The summed E-state index contributed by atoms with van der Waals surface area (Å²) < 4.78 is 31.1. The van der Waals surface area contributed by atoms with Gasteiger partial charge in [0.05, 0.1) is 56.4 Å². The number of hydrogen-bond acceptors (Lipinski definition) is 19. The third kappa shape index (κ3) is 20.4. The molecule has 8 rings (SSSR count). The van der Waals surface area contributed by atoms with E-state index in [9.17, 15) is 19.2 Å². The van der Waals surface area contributed by atoms with Gasteiger partial charge in [0, 0.05) is 38.9 Å². The minimum absolute atomic E-state index is 0.0882. The van der Waals surface area contributed by atoms with E-state index in [4.69, 9.17) is 115 Å². The Morgan fingerprint density at radius 3 is 1.38 bits per heavy atom. The summed E-state index contributed by atoms with van der Waals surface area (Å²) >= 11 is 42.4. The number of benzene rings is 4. The summed E-state index contributed by atoms with van der Waals surface area (Å²) in [5, 5.41) is 11.0. The second-order valence-electron chi connectivity index (χ2n) is 20.6. The molecule has 1 aliphatic rings. The molecule has 27 heteroatoms. The largest absolute Gasteiger partial charge is 0.495 e. The average Bonchev–Trinajstić information content (AvgIpc) is 1.91. The van der Waals surface area contributed by atoms with E-state index in [0.717, 1.165) is 38.5 Å². The number of carbonyl (C=O) groups is 4. The summed E-state index contributed by atoms with van der Waals surface area (Å²) in [7, 11) is 6.12. The van der Waals surface area contributed by atoms with Gasteiger partial charge in [0.15, 0.2) is 21.3 Å². The first-order valence-electron chi connectivity index (χ1n) is 26.6. The maximum atomic E-state index is 11.7. The number of esters is 2. The maximum Gasteiger partial charge on any atom is 0.306 e. The Balaban J connectivity index is 0.000000215. The molecule has 0 aliphatic carbocycles. The fourth-order valence-electron chi connectivity index (χ4n) is 7.87. The van der Waals surface area contributed by atoms with Crippen molar-refractivity contribution in [3.63, 3.8) is 0 Å². The van der Waals surface area contributed by atoms with Crippen molar-refractivity contribution in [2.75, 3.05) is 57.5 Å². The number of methoxy groups -OCH3 is 4. The maximum absolute atomic E-state index is 11.7. The highest BCUT2D eigenvalue weighted by Gasteiger charge is 2.26. The lowest BCUT2D eigenvalue weighted by Gasteiger charge is -2.19. The molecule has 0 unspecified atom stereocenters. The van der Waals surface area contributed by atoms with Crippen LogP contribution in [-0.4, -0.2) is 106 Å². The van der Waals surface area contributed by atoms with E-state index in [0.29, 0.717) is 131 Å². The molecule has 0 bridgehead atoms. The summed E-state index contributed by atoms with van der Waals surface area (Å²) in [5.74, 6) is 1.79. The van der Waals surface area contributed by atoms with Crippen LogP contribution < -0.4 is 40.6 Å². The number of ketones is 1. The zero-order chi connectivity index (χ0) is 62.8. The van der Waals surface area contributed by atoms with Gasteiger partial charge in [0.1, 0.15) is 76.7 Å². The number of hydrogen-bond donors (Lipinski definition) is 4. The van der Waals surface area contributed by atoms with Crippen LogP contribution in [0, 0.1) is 0 Å². The highest BCUT2D eigenvalue weighted by molar-refractivity contribution is 6.45.